The Bertz CT molecular complexity index is 1530. The van der Waals surface area contributed by atoms with Crippen LogP contribution in [-0.2, 0) is 12.6 Å². The van der Waals surface area contributed by atoms with Gasteiger partial charge in [-0.1, -0.05) is 77.8 Å². The van der Waals surface area contributed by atoms with E-state index in [0.29, 0.717) is 44.5 Å². The molecule has 0 aliphatic carbocycles. The Labute approximate surface area is 215 Å². The van der Waals surface area contributed by atoms with Crippen LogP contribution in [0.5, 0.6) is 11.5 Å². The Kier molecular flexibility index (Phi) is 6.61. The second-order valence-corrected chi connectivity index (χ2v) is 9.13. The van der Waals surface area contributed by atoms with Crippen molar-refractivity contribution < 1.29 is 17.9 Å². The number of hydrogen-bond acceptors (Lipinski definition) is 2. The number of nitrogens with zero attached hydrogens (tertiary/aromatic N) is 1. The number of hydrogen-bond donors (Lipinski definition) is 0. The lowest BCUT2D eigenvalue weighted by atomic mass is 9.92. The summed E-state index contributed by atoms with van der Waals surface area (Å²) in [6.07, 6.45) is -2.49. The third kappa shape index (κ3) is 5.18. The van der Waals surface area contributed by atoms with Gasteiger partial charge in [-0.25, -0.2) is 0 Å². The zero-order valence-electron chi connectivity index (χ0n) is 18.7. The molecule has 0 spiro atoms. The highest BCUT2D eigenvalue weighted by molar-refractivity contribution is 6.34. The minimum absolute atomic E-state index is 0.0928. The van der Waals surface area contributed by atoms with Gasteiger partial charge in [-0.05, 0) is 65.1 Å². The van der Waals surface area contributed by atoms with Crippen LogP contribution in [0, 0.1) is 0 Å². The maximum Gasteiger partial charge on any atom is 0.418 e. The molecule has 1 heterocycles. The van der Waals surface area contributed by atoms with Crippen molar-refractivity contribution in [2.24, 2.45) is 0 Å². The third-order valence-corrected chi connectivity index (χ3v) is 6.15. The Balaban J connectivity index is 1.67. The molecule has 1 aromatic heterocycles. The summed E-state index contributed by atoms with van der Waals surface area (Å²) in [6.45, 7) is 0. The zero-order chi connectivity index (χ0) is 25.3. The number of benzene rings is 4. The molecule has 2 nitrogen and oxygen atoms in total. The second-order valence-electron chi connectivity index (χ2n) is 8.26. The molecule has 0 aliphatic rings. The molecule has 0 atom stereocenters. The van der Waals surface area contributed by atoms with Crippen molar-refractivity contribution in [3.05, 3.63) is 124 Å². The molecule has 0 bridgehead atoms. The van der Waals surface area contributed by atoms with Crippen molar-refractivity contribution in [2.45, 2.75) is 12.6 Å². The maximum atomic E-state index is 13.8. The van der Waals surface area contributed by atoms with Crippen LogP contribution in [0.1, 0.15) is 16.7 Å². The molecule has 0 saturated heterocycles. The first kappa shape index (κ1) is 24.2. The lowest BCUT2D eigenvalue weighted by molar-refractivity contribution is -0.136. The molecule has 4 aromatic carbocycles. The lowest BCUT2D eigenvalue weighted by Gasteiger charge is -2.17. The summed E-state index contributed by atoms with van der Waals surface area (Å²) in [5, 5.41) is 1.28. The highest BCUT2D eigenvalue weighted by Gasteiger charge is 2.33. The van der Waals surface area contributed by atoms with Crippen molar-refractivity contribution in [3.63, 3.8) is 0 Å². The number of ether oxygens (including phenoxy) is 1. The van der Waals surface area contributed by atoms with Crippen molar-refractivity contribution >= 4 is 34.1 Å². The molecule has 0 unspecified atom stereocenters. The fourth-order valence-electron chi connectivity index (χ4n) is 4.22. The van der Waals surface area contributed by atoms with E-state index < -0.39 is 11.7 Å². The molecule has 7 heteroatoms. The predicted molar refractivity (Wildman–Crippen MR) is 138 cm³/mol. The SMILES string of the molecule is FC(F)(F)c1cccc2c(-c3cccc(Oc4cc(Cl)cc(Cl)c4)c3)c(Cc3ccccc3)cnc12. The summed E-state index contributed by atoms with van der Waals surface area (Å²) in [6, 6.07) is 25.9. The number of aromatic nitrogens is 1. The summed E-state index contributed by atoms with van der Waals surface area (Å²) in [5.41, 5.74) is 2.34. The fourth-order valence-corrected chi connectivity index (χ4v) is 4.73. The Hall–Kier alpha value is -3.54. The molecule has 0 radical (unpaired) electrons. The van der Waals surface area contributed by atoms with E-state index in [4.69, 9.17) is 27.9 Å². The monoisotopic (exact) mass is 523 g/mol. The Morgan fingerprint density at radius 2 is 1.47 bits per heavy atom. The van der Waals surface area contributed by atoms with Crippen LogP contribution in [0.2, 0.25) is 10.0 Å². The Morgan fingerprint density at radius 3 is 2.19 bits per heavy atom. The van der Waals surface area contributed by atoms with Gasteiger partial charge in [0, 0.05) is 21.6 Å². The molecular weight excluding hydrogens is 506 g/mol. The van der Waals surface area contributed by atoms with Gasteiger partial charge in [-0.15, -0.1) is 0 Å². The van der Waals surface area contributed by atoms with Crippen molar-refractivity contribution in [1.29, 1.82) is 0 Å². The minimum atomic E-state index is -4.53. The maximum absolute atomic E-state index is 13.8. The summed E-state index contributed by atoms with van der Waals surface area (Å²) >= 11 is 12.2. The van der Waals surface area contributed by atoms with Gasteiger partial charge in [0.25, 0.3) is 0 Å². The average molecular weight is 524 g/mol. The van der Waals surface area contributed by atoms with Crippen LogP contribution in [0.15, 0.2) is 97.2 Å². The van der Waals surface area contributed by atoms with Gasteiger partial charge in [-0.2, -0.15) is 13.2 Å². The van der Waals surface area contributed by atoms with Gasteiger partial charge in [0.15, 0.2) is 0 Å². The van der Waals surface area contributed by atoms with E-state index in [1.165, 1.54) is 12.3 Å². The van der Waals surface area contributed by atoms with E-state index in [9.17, 15) is 13.2 Å². The van der Waals surface area contributed by atoms with Gasteiger partial charge in [-0.3, -0.25) is 4.98 Å². The largest absolute Gasteiger partial charge is 0.457 e. The average Bonchev–Trinajstić information content (AvgIpc) is 2.83. The van der Waals surface area contributed by atoms with Crippen LogP contribution < -0.4 is 4.74 Å². The smallest absolute Gasteiger partial charge is 0.418 e. The van der Waals surface area contributed by atoms with E-state index in [0.717, 1.165) is 17.2 Å². The molecule has 180 valence electrons. The van der Waals surface area contributed by atoms with E-state index in [2.05, 4.69) is 4.98 Å². The van der Waals surface area contributed by atoms with Gasteiger partial charge >= 0.3 is 6.18 Å². The normalized spacial score (nSPS) is 11.6. The van der Waals surface area contributed by atoms with E-state index in [-0.39, 0.29) is 5.52 Å². The molecular formula is C29H18Cl2F3NO. The van der Waals surface area contributed by atoms with Gasteiger partial charge in [0.05, 0.1) is 11.1 Å². The van der Waals surface area contributed by atoms with Crippen LogP contribution in [0.4, 0.5) is 13.2 Å². The molecule has 0 fully saturated rings. The molecule has 36 heavy (non-hydrogen) atoms. The fraction of sp³-hybridized carbons (Fsp3) is 0.0690. The molecule has 0 N–H and O–H groups in total. The van der Waals surface area contributed by atoms with E-state index >= 15 is 0 Å². The quantitative estimate of drug-likeness (QED) is 0.228. The topological polar surface area (TPSA) is 22.1 Å². The van der Waals surface area contributed by atoms with Gasteiger partial charge < -0.3 is 4.74 Å². The summed E-state index contributed by atoms with van der Waals surface area (Å²) < 4.78 is 47.4. The highest BCUT2D eigenvalue weighted by atomic mass is 35.5. The lowest BCUT2D eigenvalue weighted by Crippen LogP contribution is -2.07. The van der Waals surface area contributed by atoms with Crippen LogP contribution in [0.25, 0.3) is 22.0 Å². The van der Waals surface area contributed by atoms with Crippen molar-refractivity contribution in [1.82, 2.24) is 4.98 Å². The standard InChI is InChI=1S/C29H18Cl2F3NO/c30-21-14-22(31)16-24(15-21)36-23-9-4-8-19(13-23)27-20(12-18-6-2-1-3-7-18)17-35-28-25(27)10-5-11-26(28)29(32,33)34/h1-11,13-17H,12H2. The van der Waals surface area contributed by atoms with Gasteiger partial charge in [0.2, 0.25) is 0 Å². The van der Waals surface area contributed by atoms with E-state index in [1.807, 2.05) is 36.4 Å². The molecule has 0 amide bonds. The first-order valence-electron chi connectivity index (χ1n) is 11.0. The third-order valence-electron chi connectivity index (χ3n) is 5.71. The minimum Gasteiger partial charge on any atom is -0.457 e. The molecule has 0 aliphatic heterocycles. The summed E-state index contributed by atoms with van der Waals surface area (Å²) in [7, 11) is 0. The van der Waals surface area contributed by atoms with Crippen LogP contribution in [-0.4, -0.2) is 4.98 Å². The molecule has 5 aromatic rings. The number of halogens is 5. The first-order chi connectivity index (χ1) is 17.3. The van der Waals surface area contributed by atoms with Crippen LogP contribution in [0.3, 0.4) is 0 Å². The number of alkyl halides is 3. The van der Waals surface area contributed by atoms with Crippen molar-refractivity contribution in [3.8, 4) is 22.6 Å². The first-order valence-corrected chi connectivity index (χ1v) is 11.8. The number of pyridine rings is 1. The molecule has 5 rings (SSSR count). The van der Waals surface area contributed by atoms with Gasteiger partial charge in [0.1, 0.15) is 11.5 Å². The van der Waals surface area contributed by atoms with E-state index in [1.54, 1.807) is 42.5 Å². The molecule has 0 saturated carbocycles. The van der Waals surface area contributed by atoms with Crippen LogP contribution >= 0.6 is 23.2 Å². The second kappa shape index (κ2) is 9.84. The zero-order valence-corrected chi connectivity index (χ0v) is 20.2. The van der Waals surface area contributed by atoms with Crippen molar-refractivity contribution in [2.75, 3.05) is 0 Å². The number of rotatable bonds is 5. The number of para-hydroxylation sites is 1. The summed E-state index contributed by atoms with van der Waals surface area (Å²) in [5.74, 6) is 0.946. The highest BCUT2D eigenvalue weighted by Crippen LogP contribution is 2.40. The summed E-state index contributed by atoms with van der Waals surface area (Å²) in [4.78, 5) is 4.26. The predicted octanol–water partition coefficient (Wildman–Crippen LogP) is 9.61. The number of fused-ring (bicyclic) bond motifs is 1. The Morgan fingerprint density at radius 1 is 0.750 bits per heavy atom.